The molecular formula is C28H33NO2. The van der Waals surface area contributed by atoms with Crippen molar-refractivity contribution in [1.82, 2.24) is 0 Å². The number of amides is 1. The summed E-state index contributed by atoms with van der Waals surface area (Å²) in [6.07, 6.45) is 7.59. The van der Waals surface area contributed by atoms with Crippen molar-refractivity contribution < 1.29 is 9.59 Å². The first-order valence-electron chi connectivity index (χ1n) is 11.2. The molecule has 3 nitrogen and oxygen atoms in total. The summed E-state index contributed by atoms with van der Waals surface area (Å²) in [7, 11) is 0. The maximum absolute atomic E-state index is 13.8. The fraction of sp³-hybridized carbons (Fsp3) is 0.357. The van der Waals surface area contributed by atoms with Crippen molar-refractivity contribution in [3.05, 3.63) is 77.4 Å². The van der Waals surface area contributed by atoms with Crippen LogP contribution in [0.4, 0.5) is 5.69 Å². The number of para-hydroxylation sites is 1. The number of carbonyl (C=O) groups is 2. The second-order valence-corrected chi connectivity index (χ2v) is 9.04. The fourth-order valence-electron chi connectivity index (χ4n) is 4.20. The van der Waals surface area contributed by atoms with Gasteiger partial charge in [-0.3, -0.25) is 9.59 Å². The van der Waals surface area contributed by atoms with Gasteiger partial charge in [0.1, 0.15) is 5.78 Å². The predicted molar refractivity (Wildman–Crippen MR) is 130 cm³/mol. The van der Waals surface area contributed by atoms with E-state index in [9.17, 15) is 9.59 Å². The molecule has 0 unspecified atom stereocenters. The summed E-state index contributed by atoms with van der Waals surface area (Å²) in [6, 6.07) is 16.3. The third kappa shape index (κ3) is 5.61. The van der Waals surface area contributed by atoms with Gasteiger partial charge >= 0.3 is 0 Å². The molecule has 0 N–H and O–H groups in total. The quantitative estimate of drug-likeness (QED) is 0.443. The predicted octanol–water partition coefficient (Wildman–Crippen LogP) is 6.83. The number of hydrogen-bond acceptors (Lipinski definition) is 2. The number of allylic oxidation sites excluding steroid dienone is 1. The van der Waals surface area contributed by atoms with Crippen molar-refractivity contribution in [2.24, 2.45) is 5.41 Å². The van der Waals surface area contributed by atoms with Crippen LogP contribution in [0.5, 0.6) is 0 Å². The number of rotatable bonds is 8. The van der Waals surface area contributed by atoms with Gasteiger partial charge in [-0.05, 0) is 42.0 Å². The van der Waals surface area contributed by atoms with Gasteiger partial charge in [-0.25, -0.2) is 0 Å². The van der Waals surface area contributed by atoms with Gasteiger partial charge in [0, 0.05) is 18.3 Å². The van der Waals surface area contributed by atoms with E-state index in [1.165, 1.54) is 0 Å². The Bertz CT molecular complexity index is 1000. The van der Waals surface area contributed by atoms with E-state index in [4.69, 9.17) is 0 Å². The summed E-state index contributed by atoms with van der Waals surface area (Å²) in [5.41, 5.74) is 4.69. The minimum absolute atomic E-state index is 0.0934. The normalized spacial score (nSPS) is 14.1. The number of hydrogen-bond donors (Lipinski definition) is 0. The molecule has 0 bridgehead atoms. The topological polar surface area (TPSA) is 37.4 Å². The van der Waals surface area contributed by atoms with Crippen LogP contribution >= 0.6 is 0 Å². The molecule has 1 amide bonds. The lowest BCUT2D eigenvalue weighted by Gasteiger charge is -2.34. The fourth-order valence-corrected chi connectivity index (χ4v) is 4.20. The van der Waals surface area contributed by atoms with Crippen LogP contribution in [0.3, 0.4) is 0 Å². The first-order valence-corrected chi connectivity index (χ1v) is 11.2. The molecule has 2 aromatic rings. The molecule has 0 fully saturated rings. The van der Waals surface area contributed by atoms with Crippen molar-refractivity contribution in [1.29, 1.82) is 0 Å². The van der Waals surface area contributed by atoms with Gasteiger partial charge in [-0.1, -0.05) is 87.5 Å². The van der Waals surface area contributed by atoms with Gasteiger partial charge in [0.05, 0.1) is 12.2 Å². The minimum Gasteiger partial charge on any atom is -0.307 e. The molecule has 0 saturated carbocycles. The lowest BCUT2D eigenvalue weighted by molar-refractivity contribution is -0.126. The Kier molecular flexibility index (Phi) is 7.27. The largest absolute Gasteiger partial charge is 0.307 e. The van der Waals surface area contributed by atoms with E-state index in [0.717, 1.165) is 40.8 Å². The lowest BCUT2D eigenvalue weighted by Crippen LogP contribution is -2.41. The van der Waals surface area contributed by atoms with Crippen LogP contribution < -0.4 is 4.90 Å². The number of benzene rings is 2. The SMILES string of the molecule is C=C(CCCC(=O)CC)CC(C)(C)C(=O)N1Cc2ccccc2/C=C\c2ccccc21. The molecule has 0 aromatic heterocycles. The monoisotopic (exact) mass is 415 g/mol. The van der Waals surface area contributed by atoms with Gasteiger partial charge < -0.3 is 4.90 Å². The maximum atomic E-state index is 13.8. The first kappa shape index (κ1) is 22.7. The lowest BCUT2D eigenvalue weighted by atomic mass is 9.82. The van der Waals surface area contributed by atoms with E-state index in [1.54, 1.807) is 0 Å². The zero-order valence-corrected chi connectivity index (χ0v) is 19.0. The van der Waals surface area contributed by atoms with E-state index < -0.39 is 5.41 Å². The van der Waals surface area contributed by atoms with E-state index in [0.29, 0.717) is 25.8 Å². The van der Waals surface area contributed by atoms with Crippen LogP contribution in [-0.4, -0.2) is 11.7 Å². The molecule has 0 atom stereocenters. The Hall–Kier alpha value is -2.94. The minimum atomic E-state index is -0.586. The van der Waals surface area contributed by atoms with Gasteiger partial charge in [0.2, 0.25) is 5.91 Å². The summed E-state index contributed by atoms with van der Waals surface area (Å²) in [5, 5.41) is 0. The van der Waals surface area contributed by atoms with E-state index in [2.05, 4.69) is 36.9 Å². The van der Waals surface area contributed by atoms with Crippen LogP contribution in [0.2, 0.25) is 0 Å². The highest BCUT2D eigenvalue weighted by Gasteiger charge is 2.34. The molecule has 1 aliphatic rings. The third-order valence-electron chi connectivity index (χ3n) is 5.95. The molecule has 0 spiro atoms. The van der Waals surface area contributed by atoms with E-state index in [-0.39, 0.29) is 11.7 Å². The number of carbonyl (C=O) groups excluding carboxylic acids is 2. The van der Waals surface area contributed by atoms with Crippen molar-refractivity contribution in [3.63, 3.8) is 0 Å². The van der Waals surface area contributed by atoms with Gasteiger partial charge in [0.15, 0.2) is 0 Å². The number of Topliss-reactive ketones (excluding diaryl/α,β-unsaturated/α-hetero) is 1. The van der Waals surface area contributed by atoms with Crippen molar-refractivity contribution in [3.8, 4) is 0 Å². The van der Waals surface area contributed by atoms with Gasteiger partial charge in [0.25, 0.3) is 0 Å². The van der Waals surface area contributed by atoms with Crippen LogP contribution in [-0.2, 0) is 16.1 Å². The molecular weight excluding hydrogens is 382 g/mol. The summed E-state index contributed by atoms with van der Waals surface area (Å²) in [5.74, 6) is 0.378. The Labute approximate surface area is 186 Å². The highest BCUT2D eigenvalue weighted by molar-refractivity contribution is 6.00. The summed E-state index contributed by atoms with van der Waals surface area (Å²) in [4.78, 5) is 27.3. The molecule has 1 aliphatic heterocycles. The van der Waals surface area contributed by atoms with Crippen LogP contribution in [0.15, 0.2) is 60.7 Å². The zero-order valence-electron chi connectivity index (χ0n) is 19.0. The smallest absolute Gasteiger partial charge is 0.233 e. The highest BCUT2D eigenvalue weighted by Crippen LogP contribution is 2.35. The number of fused-ring (bicyclic) bond motifs is 2. The van der Waals surface area contributed by atoms with Crippen LogP contribution in [0.1, 0.15) is 69.6 Å². The Morgan fingerprint density at radius 2 is 1.61 bits per heavy atom. The number of ketones is 1. The first-order chi connectivity index (χ1) is 14.8. The molecule has 0 radical (unpaired) electrons. The molecule has 1 heterocycles. The van der Waals surface area contributed by atoms with Crippen molar-refractivity contribution in [2.45, 2.75) is 59.4 Å². The maximum Gasteiger partial charge on any atom is 0.233 e. The van der Waals surface area contributed by atoms with E-state index in [1.807, 2.05) is 56.0 Å². The molecule has 3 rings (SSSR count). The summed E-state index contributed by atoms with van der Waals surface area (Å²) >= 11 is 0. The molecule has 31 heavy (non-hydrogen) atoms. The Balaban J connectivity index is 1.82. The molecule has 162 valence electrons. The van der Waals surface area contributed by atoms with Gasteiger partial charge in [-0.2, -0.15) is 0 Å². The standard InChI is InChI=1S/C28H33NO2/c1-5-25(30)15-10-11-21(2)19-28(3,4)27(31)29-20-24-14-7-6-12-22(24)17-18-23-13-8-9-16-26(23)29/h6-9,12-14,16-18H,2,5,10-11,15,19-20H2,1,3-4H3/b18-17-. The molecule has 2 aromatic carbocycles. The third-order valence-corrected chi connectivity index (χ3v) is 5.95. The molecule has 3 heteroatoms. The zero-order chi connectivity index (χ0) is 22.4. The number of nitrogens with zero attached hydrogens (tertiary/aromatic N) is 1. The molecule has 0 saturated heterocycles. The van der Waals surface area contributed by atoms with E-state index >= 15 is 0 Å². The van der Waals surface area contributed by atoms with Crippen LogP contribution in [0.25, 0.3) is 12.2 Å². The Morgan fingerprint density at radius 1 is 0.968 bits per heavy atom. The van der Waals surface area contributed by atoms with Crippen molar-refractivity contribution >= 4 is 29.5 Å². The highest BCUT2D eigenvalue weighted by atomic mass is 16.2. The Morgan fingerprint density at radius 3 is 2.35 bits per heavy atom. The van der Waals surface area contributed by atoms with Crippen molar-refractivity contribution in [2.75, 3.05) is 4.90 Å². The summed E-state index contributed by atoms with van der Waals surface area (Å²) < 4.78 is 0. The summed E-state index contributed by atoms with van der Waals surface area (Å²) in [6.45, 7) is 10.6. The van der Waals surface area contributed by atoms with Gasteiger partial charge in [-0.15, -0.1) is 0 Å². The average Bonchev–Trinajstić information content (AvgIpc) is 2.74. The molecule has 0 aliphatic carbocycles. The second-order valence-electron chi connectivity index (χ2n) is 9.04. The average molecular weight is 416 g/mol. The van der Waals surface area contributed by atoms with Crippen LogP contribution in [0, 0.1) is 5.41 Å². The second kappa shape index (κ2) is 9.91. The number of anilines is 1.